The van der Waals surface area contributed by atoms with Crippen LogP contribution in [0.5, 0.6) is 0 Å². The maximum atomic E-state index is 14.1. The van der Waals surface area contributed by atoms with Gasteiger partial charge < -0.3 is 14.6 Å². The second-order valence-electron chi connectivity index (χ2n) is 10.1. The van der Waals surface area contributed by atoms with Gasteiger partial charge in [-0.15, -0.1) is 11.3 Å². The van der Waals surface area contributed by atoms with Crippen molar-refractivity contribution in [2.75, 3.05) is 13.2 Å². The van der Waals surface area contributed by atoms with E-state index in [0.717, 1.165) is 32.1 Å². The van der Waals surface area contributed by atoms with Crippen LogP contribution in [0, 0.1) is 11.3 Å². The van der Waals surface area contributed by atoms with Crippen molar-refractivity contribution in [2.45, 2.75) is 46.1 Å². The van der Waals surface area contributed by atoms with Crippen molar-refractivity contribution in [1.29, 1.82) is 0 Å². The van der Waals surface area contributed by atoms with Gasteiger partial charge in [-0.2, -0.15) is 0 Å². The van der Waals surface area contributed by atoms with Crippen LogP contribution in [0.25, 0.3) is 21.0 Å². The first kappa shape index (κ1) is 25.2. The number of amides is 1. The number of hydrogen-bond acceptors (Lipinski definition) is 5. The molecule has 6 nitrogen and oxygen atoms in total. The zero-order valence-electron chi connectivity index (χ0n) is 21.3. The van der Waals surface area contributed by atoms with Crippen LogP contribution in [0.15, 0.2) is 60.1 Å². The quantitative estimate of drug-likeness (QED) is 0.197. The lowest BCUT2D eigenvalue weighted by molar-refractivity contribution is -0.151. The number of benzene rings is 2. The molecule has 2 aromatic heterocycles. The van der Waals surface area contributed by atoms with E-state index in [9.17, 15) is 14.4 Å². The molecule has 1 N–H and O–H groups in total. The highest BCUT2D eigenvalue weighted by molar-refractivity contribution is 7.17. The summed E-state index contributed by atoms with van der Waals surface area (Å²) in [6.07, 6.45) is 4.05. The van der Waals surface area contributed by atoms with Crippen LogP contribution in [-0.4, -0.2) is 40.7 Å². The van der Waals surface area contributed by atoms with Crippen molar-refractivity contribution in [3.63, 3.8) is 0 Å². The van der Waals surface area contributed by atoms with Crippen LogP contribution < -0.4 is 0 Å². The molecular formula is C30H32N2O4S. The van der Waals surface area contributed by atoms with Crippen molar-refractivity contribution < 1.29 is 19.1 Å². The fraction of sp³-hybridized carbons (Fsp3) is 0.367. The Morgan fingerprint density at radius 2 is 2.00 bits per heavy atom. The van der Waals surface area contributed by atoms with E-state index in [-0.39, 0.29) is 30.0 Å². The molecule has 2 unspecified atom stereocenters. The summed E-state index contributed by atoms with van der Waals surface area (Å²) in [4.78, 5) is 44.7. The van der Waals surface area contributed by atoms with Gasteiger partial charge in [0.15, 0.2) is 5.78 Å². The first-order valence-corrected chi connectivity index (χ1v) is 13.8. The fourth-order valence-corrected chi connectivity index (χ4v) is 6.38. The third kappa shape index (κ3) is 4.92. The summed E-state index contributed by atoms with van der Waals surface area (Å²) >= 11 is 1.57. The molecule has 5 rings (SSSR count). The van der Waals surface area contributed by atoms with Gasteiger partial charge >= 0.3 is 5.97 Å². The van der Waals surface area contributed by atoms with E-state index in [1.807, 2.05) is 65.9 Å². The summed E-state index contributed by atoms with van der Waals surface area (Å²) in [5.74, 6) is -0.572. The van der Waals surface area contributed by atoms with Gasteiger partial charge in [-0.3, -0.25) is 14.4 Å². The summed E-state index contributed by atoms with van der Waals surface area (Å²) in [6, 6.07) is 16.1. The predicted octanol–water partition coefficient (Wildman–Crippen LogP) is 6.35. The van der Waals surface area contributed by atoms with Gasteiger partial charge in [-0.1, -0.05) is 37.3 Å². The number of aromatic amines is 1. The number of hydrogen-bond donors (Lipinski definition) is 1. The number of esters is 1. The van der Waals surface area contributed by atoms with Gasteiger partial charge in [0.1, 0.15) is 0 Å². The molecule has 37 heavy (non-hydrogen) atoms. The number of Topliss-reactive ketones (excluding diaryl/α,β-unsaturated/α-hetero) is 1. The Morgan fingerprint density at radius 1 is 1.16 bits per heavy atom. The highest BCUT2D eigenvalue weighted by Crippen LogP contribution is 2.50. The van der Waals surface area contributed by atoms with Crippen LogP contribution in [0.3, 0.4) is 0 Å². The molecule has 7 heteroatoms. The number of nitrogens with zero attached hydrogens (tertiary/aromatic N) is 1. The van der Waals surface area contributed by atoms with E-state index >= 15 is 0 Å². The number of carbonyl (C=O) groups excluding carboxylic acids is 3. The number of ketones is 1. The Kier molecular flexibility index (Phi) is 7.15. The summed E-state index contributed by atoms with van der Waals surface area (Å²) in [7, 11) is 0. The summed E-state index contributed by atoms with van der Waals surface area (Å²) < 4.78 is 6.16. The number of aromatic nitrogens is 1. The minimum Gasteiger partial charge on any atom is -0.466 e. The Morgan fingerprint density at radius 3 is 2.78 bits per heavy atom. The van der Waals surface area contributed by atoms with E-state index in [1.54, 1.807) is 18.3 Å². The van der Waals surface area contributed by atoms with Gasteiger partial charge in [0.25, 0.3) is 0 Å². The number of ether oxygens (including phenoxy) is 1. The van der Waals surface area contributed by atoms with Gasteiger partial charge in [0.05, 0.1) is 12.0 Å². The highest BCUT2D eigenvalue weighted by atomic mass is 32.1. The third-order valence-electron chi connectivity index (χ3n) is 7.67. The van der Waals surface area contributed by atoms with E-state index in [4.69, 9.17) is 4.74 Å². The number of fused-ring (bicyclic) bond motifs is 2. The largest absolute Gasteiger partial charge is 0.466 e. The Hall–Kier alpha value is -3.45. The van der Waals surface area contributed by atoms with E-state index in [1.165, 1.54) is 0 Å². The lowest BCUT2D eigenvalue weighted by Crippen LogP contribution is -2.54. The van der Waals surface area contributed by atoms with Crippen molar-refractivity contribution in [3.05, 3.63) is 71.2 Å². The third-order valence-corrected chi connectivity index (χ3v) is 8.63. The smallest absolute Gasteiger partial charge is 0.305 e. The fourth-order valence-electron chi connectivity index (χ4n) is 5.43. The lowest BCUT2D eigenvalue weighted by atomic mass is 9.58. The average Bonchev–Trinajstić information content (AvgIpc) is 3.53. The molecular weight excluding hydrogens is 484 g/mol. The van der Waals surface area contributed by atoms with E-state index < -0.39 is 5.41 Å². The molecule has 1 fully saturated rings. The molecule has 1 saturated carbocycles. The van der Waals surface area contributed by atoms with Crippen molar-refractivity contribution >= 4 is 50.0 Å². The van der Waals surface area contributed by atoms with Gasteiger partial charge in [-0.25, -0.2) is 0 Å². The van der Waals surface area contributed by atoms with Crippen LogP contribution in [0.1, 0.15) is 55.5 Å². The average molecular weight is 517 g/mol. The molecule has 2 heterocycles. The molecule has 2 atom stereocenters. The Labute approximate surface area is 220 Å². The zero-order chi connectivity index (χ0) is 26.0. The number of thiophene rings is 1. The van der Waals surface area contributed by atoms with Crippen LogP contribution in [0.2, 0.25) is 0 Å². The SMILES string of the molecule is CCOC(=O)CCCN(Cc1ccc2cc[nH]c2c1)C(=O)C1(C)CCC1C(=O)c1csc2ccccc12. The van der Waals surface area contributed by atoms with Gasteiger partial charge in [-0.05, 0) is 55.3 Å². The molecule has 0 spiro atoms. The minimum atomic E-state index is -0.763. The highest BCUT2D eigenvalue weighted by Gasteiger charge is 2.53. The molecule has 192 valence electrons. The number of rotatable bonds is 10. The summed E-state index contributed by atoms with van der Waals surface area (Å²) in [5.41, 5.74) is 1.98. The minimum absolute atomic E-state index is 0.0212. The molecule has 1 amide bonds. The molecule has 0 bridgehead atoms. The molecule has 0 aliphatic heterocycles. The van der Waals surface area contributed by atoms with Gasteiger partial charge in [0, 0.05) is 58.2 Å². The molecule has 1 aliphatic carbocycles. The standard InChI is InChI=1S/C30H32N2O4S/c1-3-36-27(33)9-6-16-32(18-20-10-11-21-13-15-31-25(21)17-20)29(35)30(2)14-12-24(30)28(34)23-19-37-26-8-5-4-7-22(23)26/h4-5,7-8,10-11,13,15,17,19,24,31H,3,6,9,12,14,16,18H2,1-2H3. The first-order chi connectivity index (χ1) is 17.9. The second kappa shape index (κ2) is 10.5. The van der Waals surface area contributed by atoms with E-state index in [2.05, 4.69) is 11.1 Å². The molecule has 0 saturated heterocycles. The first-order valence-electron chi connectivity index (χ1n) is 12.9. The topological polar surface area (TPSA) is 79.5 Å². The number of carbonyl (C=O) groups is 3. The van der Waals surface area contributed by atoms with Crippen LogP contribution in [0.4, 0.5) is 0 Å². The maximum Gasteiger partial charge on any atom is 0.305 e. The molecule has 4 aromatic rings. The van der Waals surface area contributed by atoms with Crippen LogP contribution >= 0.6 is 11.3 Å². The monoisotopic (exact) mass is 516 g/mol. The maximum absolute atomic E-state index is 14.1. The van der Waals surface area contributed by atoms with Gasteiger partial charge in [0.2, 0.25) is 5.91 Å². The number of H-pyrrole nitrogens is 1. The Bertz CT molecular complexity index is 1450. The number of nitrogens with one attached hydrogen (secondary N) is 1. The second-order valence-corrected chi connectivity index (χ2v) is 11.0. The summed E-state index contributed by atoms with van der Waals surface area (Å²) in [5, 5.41) is 4.01. The summed E-state index contributed by atoms with van der Waals surface area (Å²) in [6.45, 7) is 4.92. The van der Waals surface area contributed by atoms with Crippen LogP contribution in [-0.2, 0) is 20.9 Å². The molecule has 1 aliphatic rings. The van der Waals surface area contributed by atoms with Crippen molar-refractivity contribution in [1.82, 2.24) is 9.88 Å². The van der Waals surface area contributed by atoms with Crippen molar-refractivity contribution in [3.8, 4) is 0 Å². The molecule has 2 aromatic carbocycles. The Balaban J connectivity index is 1.37. The molecule has 0 radical (unpaired) electrons. The normalized spacial score (nSPS) is 19.0. The van der Waals surface area contributed by atoms with Crippen molar-refractivity contribution in [2.24, 2.45) is 11.3 Å². The van der Waals surface area contributed by atoms with E-state index in [0.29, 0.717) is 39.0 Å². The predicted molar refractivity (Wildman–Crippen MR) is 147 cm³/mol. The lowest BCUT2D eigenvalue weighted by Gasteiger charge is -2.47. The zero-order valence-corrected chi connectivity index (χ0v) is 22.1.